The molecule has 3 aromatic carbocycles. The minimum Gasteiger partial charge on any atom is -0.497 e. The summed E-state index contributed by atoms with van der Waals surface area (Å²) < 4.78 is 36.0. The number of carbonyl (C=O) groups excluding carboxylic acids is 2. The molecule has 1 spiro atoms. The average molecular weight is 669 g/mol. The number of sulfonamides is 1. The van der Waals surface area contributed by atoms with Crippen molar-refractivity contribution >= 4 is 50.5 Å². The largest absolute Gasteiger partial charge is 0.497 e. The number of hydrogen-bond donors (Lipinski definition) is 2. The second kappa shape index (κ2) is 12.5. The van der Waals surface area contributed by atoms with Gasteiger partial charge in [0.1, 0.15) is 17.5 Å². The molecule has 1 saturated carbocycles. The number of rotatable bonds is 11. The molecule has 2 amide bonds. The molecule has 3 aromatic rings. The van der Waals surface area contributed by atoms with Crippen LogP contribution in [0.5, 0.6) is 11.5 Å². The van der Waals surface area contributed by atoms with E-state index >= 15 is 0 Å². The Balaban J connectivity index is 1.47. The summed E-state index contributed by atoms with van der Waals surface area (Å²) in [5.41, 5.74) is 2.63. The number of halogens is 1. The maximum Gasteiger partial charge on any atom is 0.279 e. The number of nitrogens with zero attached hydrogens (tertiary/aromatic N) is 2. The number of hydrogen-bond acceptors (Lipinski definition) is 9. The molecule has 46 heavy (non-hydrogen) atoms. The van der Waals surface area contributed by atoms with Crippen molar-refractivity contribution in [2.24, 2.45) is 5.16 Å². The summed E-state index contributed by atoms with van der Waals surface area (Å²) >= 11 is 6.21. The summed E-state index contributed by atoms with van der Waals surface area (Å²) in [4.78, 5) is 34.2. The Morgan fingerprint density at radius 1 is 1.00 bits per heavy atom. The van der Waals surface area contributed by atoms with Gasteiger partial charge in [-0.15, -0.1) is 0 Å². The Bertz CT molecular complexity index is 1800. The summed E-state index contributed by atoms with van der Waals surface area (Å²) in [6.07, 6.45) is 2.91. The first-order valence-corrected chi connectivity index (χ1v) is 16.9. The zero-order valence-corrected chi connectivity index (χ0v) is 28.1. The van der Waals surface area contributed by atoms with Crippen LogP contribution in [-0.2, 0) is 29.9 Å². The maximum atomic E-state index is 14.5. The molecule has 1 fully saturated rings. The number of methoxy groups -OCH3 is 2. The molecular formula is C33H37ClN4O7S. The van der Waals surface area contributed by atoms with Gasteiger partial charge in [-0.25, -0.2) is 13.1 Å². The van der Waals surface area contributed by atoms with E-state index in [1.165, 1.54) is 21.0 Å². The van der Waals surface area contributed by atoms with Crippen LogP contribution in [0.25, 0.3) is 0 Å². The van der Waals surface area contributed by atoms with E-state index in [-0.39, 0.29) is 11.3 Å². The smallest absolute Gasteiger partial charge is 0.279 e. The Morgan fingerprint density at radius 2 is 1.67 bits per heavy atom. The number of amides is 2. The number of benzene rings is 3. The third-order valence-electron chi connectivity index (χ3n) is 8.20. The van der Waals surface area contributed by atoms with Crippen LogP contribution >= 0.6 is 11.6 Å². The van der Waals surface area contributed by atoms with E-state index in [2.05, 4.69) is 16.5 Å². The van der Waals surface area contributed by atoms with Crippen molar-refractivity contribution in [1.29, 1.82) is 0 Å². The van der Waals surface area contributed by atoms with Crippen LogP contribution < -0.4 is 24.4 Å². The number of anilines is 2. The fraction of sp³-hybridized carbons (Fsp3) is 0.364. The molecule has 1 heterocycles. The van der Waals surface area contributed by atoms with Crippen molar-refractivity contribution in [1.82, 2.24) is 4.72 Å². The molecule has 2 N–H and O–H groups in total. The van der Waals surface area contributed by atoms with Gasteiger partial charge >= 0.3 is 0 Å². The van der Waals surface area contributed by atoms with Gasteiger partial charge in [0, 0.05) is 40.4 Å². The summed E-state index contributed by atoms with van der Waals surface area (Å²) in [5.74, 6) is 0.158. The lowest BCUT2D eigenvalue weighted by Gasteiger charge is -2.27. The third kappa shape index (κ3) is 7.07. The molecule has 244 valence electrons. The summed E-state index contributed by atoms with van der Waals surface area (Å²) in [6, 6.07) is 17.5. The summed E-state index contributed by atoms with van der Waals surface area (Å²) in [5, 5.41) is 8.08. The average Bonchev–Trinajstić information content (AvgIpc) is 3.73. The van der Waals surface area contributed by atoms with Crippen LogP contribution in [-0.4, -0.2) is 58.6 Å². The molecule has 1 atom stereocenters. The van der Waals surface area contributed by atoms with Crippen LogP contribution in [0.4, 0.5) is 11.4 Å². The maximum absolute atomic E-state index is 14.5. The fourth-order valence-corrected chi connectivity index (χ4v) is 6.11. The van der Waals surface area contributed by atoms with Gasteiger partial charge in [-0.3, -0.25) is 9.59 Å². The predicted molar refractivity (Wildman–Crippen MR) is 177 cm³/mol. The van der Waals surface area contributed by atoms with E-state index in [0.29, 0.717) is 45.6 Å². The van der Waals surface area contributed by atoms with Gasteiger partial charge < -0.3 is 24.5 Å². The molecule has 13 heteroatoms. The van der Waals surface area contributed by atoms with Crippen LogP contribution in [0.1, 0.15) is 56.3 Å². The molecule has 1 aliphatic carbocycles. The summed E-state index contributed by atoms with van der Waals surface area (Å²) in [7, 11) is -0.652. The number of nitrogens with one attached hydrogen (secondary N) is 2. The zero-order chi connectivity index (χ0) is 33.4. The monoisotopic (exact) mass is 668 g/mol. The first kappa shape index (κ1) is 33.1. The van der Waals surface area contributed by atoms with Crippen molar-refractivity contribution in [2.45, 2.75) is 50.7 Å². The minimum absolute atomic E-state index is 0.0372. The first-order chi connectivity index (χ1) is 21.6. The summed E-state index contributed by atoms with van der Waals surface area (Å²) in [6.45, 7) is 5.07. The molecule has 5 rings (SSSR count). The topological polar surface area (TPSA) is 136 Å². The predicted octanol–water partition coefficient (Wildman–Crippen LogP) is 5.18. The second-order valence-electron chi connectivity index (χ2n) is 12.1. The zero-order valence-electron chi connectivity index (χ0n) is 26.5. The SMILES string of the molecule is COc1cc(NC(C(=O)N2CC3(CC3)c3ccc(OC)cc32)c2ccc(Cl)cc2)cc(/C(C)=N/OC(C)(C)C(=O)NS(C)(=O)=O)c1. The molecule has 0 aromatic heterocycles. The number of oxime groups is 1. The molecule has 1 unspecified atom stereocenters. The van der Waals surface area contributed by atoms with E-state index in [9.17, 15) is 18.0 Å². The molecule has 11 nitrogen and oxygen atoms in total. The van der Waals surface area contributed by atoms with Crippen LogP contribution in [0, 0.1) is 0 Å². The van der Waals surface area contributed by atoms with Gasteiger partial charge in [0.2, 0.25) is 15.6 Å². The standard InChI is InChI=1S/C33H37ClN4O7S/c1-20(36-45-32(2,3)31(40)37-46(6,41)42)22-15-24(17-26(16-22)44-5)35-29(21-7-9-23(34)10-8-21)30(39)38-19-33(13-14-33)27-12-11-25(43-4)18-28(27)38/h7-12,15-18,29,35H,13-14,19H2,1-6H3,(H,37,40)/b36-20+. The highest BCUT2D eigenvalue weighted by atomic mass is 35.5. The molecule has 0 saturated heterocycles. The van der Waals surface area contributed by atoms with Gasteiger partial charge in [-0.05, 0) is 75.1 Å². The van der Waals surface area contributed by atoms with Crippen molar-refractivity contribution in [3.05, 3.63) is 82.4 Å². The lowest BCUT2D eigenvalue weighted by molar-refractivity contribution is -0.140. The van der Waals surface area contributed by atoms with E-state index < -0.39 is 27.6 Å². The van der Waals surface area contributed by atoms with Crippen LogP contribution in [0.15, 0.2) is 65.8 Å². The molecule has 0 radical (unpaired) electrons. The Kier molecular flexibility index (Phi) is 8.98. The van der Waals surface area contributed by atoms with Gasteiger partial charge in [-0.2, -0.15) is 0 Å². The molecule has 0 bridgehead atoms. The second-order valence-corrected chi connectivity index (χ2v) is 14.3. The molecule has 2 aliphatic rings. The highest BCUT2D eigenvalue weighted by Gasteiger charge is 2.53. The third-order valence-corrected chi connectivity index (χ3v) is 9.01. The van der Waals surface area contributed by atoms with Crippen LogP contribution in [0.3, 0.4) is 0 Å². The lowest BCUT2D eigenvalue weighted by Crippen LogP contribution is -2.45. The molecular weight excluding hydrogens is 632 g/mol. The van der Waals surface area contributed by atoms with Crippen molar-refractivity contribution < 1.29 is 32.3 Å². The Hall–Kier alpha value is -4.29. The van der Waals surface area contributed by atoms with Crippen LogP contribution in [0.2, 0.25) is 5.02 Å². The number of ether oxygens (including phenoxy) is 2. The normalized spacial score (nSPS) is 16.0. The van der Waals surface area contributed by atoms with Gasteiger partial charge in [0.05, 0.1) is 31.9 Å². The lowest BCUT2D eigenvalue weighted by atomic mass is 9.99. The Morgan fingerprint density at radius 3 is 2.28 bits per heavy atom. The van der Waals surface area contributed by atoms with E-state index in [1.54, 1.807) is 44.4 Å². The highest BCUT2D eigenvalue weighted by Crippen LogP contribution is 2.57. The Labute approximate surface area is 273 Å². The van der Waals surface area contributed by atoms with Gasteiger partial charge in [-0.1, -0.05) is 35.0 Å². The van der Waals surface area contributed by atoms with E-state index in [0.717, 1.165) is 30.3 Å². The quantitative estimate of drug-likeness (QED) is 0.211. The van der Waals surface area contributed by atoms with Gasteiger partial charge in [0.25, 0.3) is 11.8 Å². The fourth-order valence-electron chi connectivity index (χ4n) is 5.40. The van der Waals surface area contributed by atoms with Crippen molar-refractivity contribution in [2.75, 3.05) is 37.2 Å². The van der Waals surface area contributed by atoms with Gasteiger partial charge in [0.15, 0.2) is 0 Å². The van der Waals surface area contributed by atoms with E-state index in [1.807, 2.05) is 33.9 Å². The highest BCUT2D eigenvalue weighted by molar-refractivity contribution is 7.89. The number of fused-ring (bicyclic) bond motifs is 2. The van der Waals surface area contributed by atoms with E-state index in [4.69, 9.17) is 25.9 Å². The number of carbonyl (C=O) groups is 2. The van der Waals surface area contributed by atoms with Crippen molar-refractivity contribution in [3.63, 3.8) is 0 Å². The molecule has 1 aliphatic heterocycles. The minimum atomic E-state index is -3.78. The van der Waals surface area contributed by atoms with Crippen molar-refractivity contribution in [3.8, 4) is 11.5 Å². The first-order valence-electron chi connectivity index (χ1n) is 14.6.